The summed E-state index contributed by atoms with van der Waals surface area (Å²) in [7, 11) is 1.63. The van der Waals surface area contributed by atoms with Crippen molar-refractivity contribution in [2.75, 3.05) is 7.11 Å². The maximum Gasteiger partial charge on any atom is 0.151 e. The van der Waals surface area contributed by atoms with E-state index in [9.17, 15) is 4.79 Å². The van der Waals surface area contributed by atoms with Crippen LogP contribution in [0.2, 0.25) is 0 Å². The Labute approximate surface area is 93.7 Å². The van der Waals surface area contributed by atoms with Gasteiger partial charge in [0, 0.05) is 17.3 Å². The molecule has 0 aliphatic carbocycles. The first-order valence-electron chi connectivity index (χ1n) is 4.89. The van der Waals surface area contributed by atoms with Gasteiger partial charge in [-0.05, 0) is 24.3 Å². The molecule has 0 radical (unpaired) electrons. The molecule has 0 aliphatic heterocycles. The zero-order valence-corrected chi connectivity index (χ0v) is 8.88. The third-order valence-electron chi connectivity index (χ3n) is 2.29. The van der Waals surface area contributed by atoms with Gasteiger partial charge in [-0.2, -0.15) is 0 Å². The van der Waals surface area contributed by atoms with E-state index in [0.717, 1.165) is 23.3 Å². The highest BCUT2D eigenvalue weighted by molar-refractivity contribution is 5.75. The summed E-state index contributed by atoms with van der Waals surface area (Å²) < 4.78 is 5.14. The molecule has 0 aliphatic rings. The molecule has 1 aromatic carbocycles. The standard InChI is InChI=1S/C13H11NO2/c1-16-12-4-2-3-11(7-12)13-6-5-10(9-15)8-14-13/h2-9H,1H3. The molecule has 0 bridgehead atoms. The van der Waals surface area contributed by atoms with Gasteiger partial charge in [0.25, 0.3) is 0 Å². The summed E-state index contributed by atoms with van der Waals surface area (Å²) in [6, 6.07) is 11.2. The molecule has 3 heteroatoms. The first kappa shape index (κ1) is 10.4. The minimum Gasteiger partial charge on any atom is -0.497 e. The first-order chi connectivity index (χ1) is 7.83. The van der Waals surface area contributed by atoms with Crippen molar-refractivity contribution in [3.63, 3.8) is 0 Å². The molecule has 0 unspecified atom stereocenters. The zero-order chi connectivity index (χ0) is 11.4. The zero-order valence-electron chi connectivity index (χ0n) is 8.88. The lowest BCUT2D eigenvalue weighted by molar-refractivity contribution is 0.112. The van der Waals surface area contributed by atoms with Crippen LogP contribution < -0.4 is 4.74 Å². The highest BCUT2D eigenvalue weighted by Gasteiger charge is 2.00. The molecule has 80 valence electrons. The minimum absolute atomic E-state index is 0.576. The Balaban J connectivity index is 2.38. The molecule has 0 saturated carbocycles. The van der Waals surface area contributed by atoms with Gasteiger partial charge in [-0.25, -0.2) is 0 Å². The van der Waals surface area contributed by atoms with E-state index in [4.69, 9.17) is 4.74 Å². The summed E-state index contributed by atoms with van der Waals surface area (Å²) in [6.45, 7) is 0. The Morgan fingerprint density at radius 3 is 2.75 bits per heavy atom. The summed E-state index contributed by atoms with van der Waals surface area (Å²) in [5, 5.41) is 0. The molecule has 2 rings (SSSR count). The number of benzene rings is 1. The second-order valence-electron chi connectivity index (χ2n) is 3.33. The number of carbonyl (C=O) groups is 1. The van der Waals surface area contributed by atoms with E-state index in [-0.39, 0.29) is 0 Å². The second kappa shape index (κ2) is 4.57. The van der Waals surface area contributed by atoms with Crippen molar-refractivity contribution in [1.29, 1.82) is 0 Å². The van der Waals surface area contributed by atoms with Crippen LogP contribution >= 0.6 is 0 Å². The highest BCUT2D eigenvalue weighted by Crippen LogP contribution is 2.21. The number of methoxy groups -OCH3 is 1. The Morgan fingerprint density at radius 1 is 1.25 bits per heavy atom. The number of ether oxygens (including phenoxy) is 1. The number of hydrogen-bond donors (Lipinski definition) is 0. The lowest BCUT2D eigenvalue weighted by atomic mass is 10.1. The van der Waals surface area contributed by atoms with Crippen LogP contribution in [0.1, 0.15) is 10.4 Å². The van der Waals surface area contributed by atoms with E-state index in [1.807, 2.05) is 30.3 Å². The molecule has 0 spiro atoms. The maximum absolute atomic E-state index is 10.5. The predicted octanol–water partition coefficient (Wildman–Crippen LogP) is 2.57. The number of nitrogens with zero attached hydrogens (tertiary/aromatic N) is 1. The Hall–Kier alpha value is -2.16. The maximum atomic E-state index is 10.5. The smallest absolute Gasteiger partial charge is 0.151 e. The molecule has 0 N–H and O–H groups in total. The van der Waals surface area contributed by atoms with Crippen LogP contribution in [0.3, 0.4) is 0 Å². The first-order valence-corrected chi connectivity index (χ1v) is 4.89. The summed E-state index contributed by atoms with van der Waals surface area (Å²) >= 11 is 0. The summed E-state index contributed by atoms with van der Waals surface area (Å²) in [6.07, 6.45) is 2.34. The van der Waals surface area contributed by atoms with Gasteiger partial charge in [0.1, 0.15) is 5.75 Å². The minimum atomic E-state index is 0.576. The largest absolute Gasteiger partial charge is 0.497 e. The van der Waals surface area contributed by atoms with E-state index in [1.54, 1.807) is 19.4 Å². The number of carbonyl (C=O) groups excluding carboxylic acids is 1. The van der Waals surface area contributed by atoms with E-state index in [1.165, 1.54) is 0 Å². The van der Waals surface area contributed by atoms with Crippen LogP contribution in [0.15, 0.2) is 42.6 Å². The van der Waals surface area contributed by atoms with Gasteiger partial charge in [-0.1, -0.05) is 12.1 Å². The average molecular weight is 213 g/mol. The normalized spacial score (nSPS) is 9.81. The number of hydrogen-bond acceptors (Lipinski definition) is 3. The molecule has 1 aromatic heterocycles. The molecule has 0 saturated heterocycles. The molecule has 16 heavy (non-hydrogen) atoms. The van der Waals surface area contributed by atoms with E-state index in [2.05, 4.69) is 4.98 Å². The van der Waals surface area contributed by atoms with Crippen LogP contribution in [0.25, 0.3) is 11.3 Å². The van der Waals surface area contributed by atoms with Gasteiger partial charge in [0.2, 0.25) is 0 Å². The molecule has 2 aromatic rings. The van der Waals surface area contributed by atoms with Crippen LogP contribution in [0.5, 0.6) is 5.75 Å². The number of rotatable bonds is 3. The third kappa shape index (κ3) is 2.08. The van der Waals surface area contributed by atoms with Crippen molar-refractivity contribution in [2.45, 2.75) is 0 Å². The van der Waals surface area contributed by atoms with Crippen LogP contribution in [0.4, 0.5) is 0 Å². The van der Waals surface area contributed by atoms with Gasteiger partial charge < -0.3 is 4.74 Å². The van der Waals surface area contributed by atoms with E-state index in [0.29, 0.717) is 5.56 Å². The Bertz CT molecular complexity index is 492. The van der Waals surface area contributed by atoms with Crippen LogP contribution in [0, 0.1) is 0 Å². The topological polar surface area (TPSA) is 39.2 Å². The van der Waals surface area contributed by atoms with Crippen molar-refractivity contribution in [1.82, 2.24) is 4.98 Å². The summed E-state index contributed by atoms with van der Waals surface area (Å²) in [4.78, 5) is 14.7. The van der Waals surface area contributed by atoms with Gasteiger partial charge >= 0.3 is 0 Å². The second-order valence-corrected chi connectivity index (χ2v) is 3.33. The molecule has 0 fully saturated rings. The van der Waals surface area contributed by atoms with Gasteiger partial charge in [-0.15, -0.1) is 0 Å². The molecule has 0 amide bonds. The lowest BCUT2D eigenvalue weighted by Crippen LogP contribution is -1.88. The summed E-state index contributed by atoms with van der Waals surface area (Å²) in [5.41, 5.74) is 2.37. The monoisotopic (exact) mass is 213 g/mol. The fraction of sp³-hybridized carbons (Fsp3) is 0.0769. The van der Waals surface area contributed by atoms with E-state index >= 15 is 0 Å². The quantitative estimate of drug-likeness (QED) is 0.735. The molecule has 3 nitrogen and oxygen atoms in total. The number of aromatic nitrogens is 1. The SMILES string of the molecule is COc1cccc(-c2ccc(C=O)cn2)c1. The van der Waals surface area contributed by atoms with Crippen molar-refractivity contribution in [3.05, 3.63) is 48.2 Å². The fourth-order valence-corrected chi connectivity index (χ4v) is 1.43. The van der Waals surface area contributed by atoms with Gasteiger partial charge in [0.15, 0.2) is 6.29 Å². The van der Waals surface area contributed by atoms with Crippen molar-refractivity contribution in [2.24, 2.45) is 0 Å². The third-order valence-corrected chi connectivity index (χ3v) is 2.29. The Morgan fingerprint density at radius 2 is 2.12 bits per heavy atom. The van der Waals surface area contributed by atoms with Crippen LogP contribution in [-0.2, 0) is 0 Å². The van der Waals surface area contributed by atoms with Crippen molar-refractivity contribution >= 4 is 6.29 Å². The van der Waals surface area contributed by atoms with Gasteiger partial charge in [0.05, 0.1) is 12.8 Å². The molecule has 0 atom stereocenters. The Kier molecular flexibility index (Phi) is 2.96. The van der Waals surface area contributed by atoms with Crippen molar-refractivity contribution < 1.29 is 9.53 Å². The molecular formula is C13H11NO2. The van der Waals surface area contributed by atoms with E-state index < -0.39 is 0 Å². The lowest BCUT2D eigenvalue weighted by Gasteiger charge is -2.03. The van der Waals surface area contributed by atoms with Crippen molar-refractivity contribution in [3.8, 4) is 17.0 Å². The average Bonchev–Trinajstić information content (AvgIpc) is 2.39. The predicted molar refractivity (Wildman–Crippen MR) is 61.6 cm³/mol. The molecule has 1 heterocycles. The highest BCUT2D eigenvalue weighted by atomic mass is 16.5. The number of aldehydes is 1. The van der Waals surface area contributed by atoms with Gasteiger partial charge in [-0.3, -0.25) is 9.78 Å². The molecular weight excluding hydrogens is 202 g/mol. The van der Waals surface area contributed by atoms with Crippen LogP contribution in [-0.4, -0.2) is 18.4 Å². The number of pyridine rings is 1. The fourth-order valence-electron chi connectivity index (χ4n) is 1.43. The summed E-state index contributed by atoms with van der Waals surface area (Å²) in [5.74, 6) is 0.791.